The van der Waals surface area contributed by atoms with Crippen LogP contribution in [0.2, 0.25) is 0 Å². The maximum atomic E-state index is 13.2. The van der Waals surface area contributed by atoms with E-state index in [1.807, 2.05) is 0 Å². The molecule has 114 valence electrons. The SMILES string of the molecule is CCCCCN1CCN(c2nc3ccc(F)cc3[nH]2)CC1. The van der Waals surface area contributed by atoms with Crippen LogP contribution in [0.4, 0.5) is 10.3 Å². The van der Waals surface area contributed by atoms with Gasteiger partial charge in [-0.05, 0) is 31.2 Å². The van der Waals surface area contributed by atoms with E-state index >= 15 is 0 Å². The van der Waals surface area contributed by atoms with E-state index in [2.05, 4.69) is 26.7 Å². The summed E-state index contributed by atoms with van der Waals surface area (Å²) in [6, 6.07) is 4.69. The summed E-state index contributed by atoms with van der Waals surface area (Å²) in [7, 11) is 0. The van der Waals surface area contributed by atoms with E-state index in [0.29, 0.717) is 0 Å². The second kappa shape index (κ2) is 6.43. The fourth-order valence-corrected chi connectivity index (χ4v) is 2.89. The van der Waals surface area contributed by atoms with Gasteiger partial charge in [0, 0.05) is 26.2 Å². The van der Waals surface area contributed by atoms with Crippen molar-refractivity contribution in [3.63, 3.8) is 0 Å². The number of piperazine rings is 1. The van der Waals surface area contributed by atoms with Gasteiger partial charge in [-0.3, -0.25) is 4.90 Å². The second-order valence-electron chi connectivity index (χ2n) is 5.76. The Morgan fingerprint density at radius 1 is 1.19 bits per heavy atom. The van der Waals surface area contributed by atoms with Gasteiger partial charge in [-0.2, -0.15) is 0 Å². The molecule has 3 rings (SSSR count). The summed E-state index contributed by atoms with van der Waals surface area (Å²) in [5.41, 5.74) is 1.60. The maximum Gasteiger partial charge on any atom is 0.203 e. The number of imidazole rings is 1. The van der Waals surface area contributed by atoms with Gasteiger partial charge in [-0.25, -0.2) is 9.37 Å². The number of aromatic amines is 1. The van der Waals surface area contributed by atoms with E-state index in [0.717, 1.165) is 43.2 Å². The molecule has 0 aliphatic carbocycles. The summed E-state index contributed by atoms with van der Waals surface area (Å²) in [6.45, 7) is 7.56. The summed E-state index contributed by atoms with van der Waals surface area (Å²) in [6.07, 6.45) is 3.88. The van der Waals surface area contributed by atoms with Crippen LogP contribution >= 0.6 is 0 Å². The van der Waals surface area contributed by atoms with Gasteiger partial charge in [-0.15, -0.1) is 0 Å². The largest absolute Gasteiger partial charge is 0.340 e. The Bertz CT molecular complexity index is 587. The van der Waals surface area contributed by atoms with Gasteiger partial charge in [0.05, 0.1) is 11.0 Å². The highest BCUT2D eigenvalue weighted by Crippen LogP contribution is 2.19. The molecule has 0 unspecified atom stereocenters. The van der Waals surface area contributed by atoms with Crippen molar-refractivity contribution in [1.82, 2.24) is 14.9 Å². The Hall–Kier alpha value is -1.62. The topological polar surface area (TPSA) is 35.2 Å². The van der Waals surface area contributed by atoms with Gasteiger partial charge in [0.25, 0.3) is 0 Å². The van der Waals surface area contributed by atoms with Crippen LogP contribution in [0.5, 0.6) is 0 Å². The van der Waals surface area contributed by atoms with Crippen molar-refractivity contribution in [2.24, 2.45) is 0 Å². The molecule has 2 aromatic rings. The van der Waals surface area contributed by atoms with Crippen LogP contribution in [0.3, 0.4) is 0 Å². The lowest BCUT2D eigenvalue weighted by Gasteiger charge is -2.34. The zero-order valence-corrected chi connectivity index (χ0v) is 12.6. The second-order valence-corrected chi connectivity index (χ2v) is 5.76. The van der Waals surface area contributed by atoms with E-state index in [4.69, 9.17) is 0 Å². The normalized spacial score (nSPS) is 16.8. The molecule has 1 N–H and O–H groups in total. The van der Waals surface area contributed by atoms with E-state index < -0.39 is 0 Å². The van der Waals surface area contributed by atoms with E-state index in [1.54, 1.807) is 6.07 Å². The minimum atomic E-state index is -0.224. The van der Waals surface area contributed by atoms with E-state index in [-0.39, 0.29) is 5.82 Å². The average Bonchev–Trinajstić information content (AvgIpc) is 2.91. The Kier molecular flexibility index (Phi) is 4.39. The first-order valence-electron chi connectivity index (χ1n) is 7.89. The molecule has 1 aromatic heterocycles. The number of halogens is 1. The summed E-state index contributed by atoms with van der Waals surface area (Å²) in [5, 5.41) is 0. The summed E-state index contributed by atoms with van der Waals surface area (Å²) >= 11 is 0. The van der Waals surface area contributed by atoms with Crippen molar-refractivity contribution in [2.45, 2.75) is 26.2 Å². The van der Waals surface area contributed by atoms with Gasteiger partial charge in [0.15, 0.2) is 0 Å². The van der Waals surface area contributed by atoms with E-state index in [1.165, 1.54) is 37.9 Å². The first-order chi connectivity index (χ1) is 10.3. The highest BCUT2D eigenvalue weighted by Gasteiger charge is 2.19. The number of hydrogen-bond donors (Lipinski definition) is 1. The number of anilines is 1. The smallest absolute Gasteiger partial charge is 0.203 e. The Morgan fingerprint density at radius 2 is 2.00 bits per heavy atom. The molecule has 1 fully saturated rings. The summed E-state index contributed by atoms with van der Waals surface area (Å²) in [5.74, 6) is 0.641. The molecule has 1 aromatic carbocycles. The van der Waals surface area contributed by atoms with Gasteiger partial charge < -0.3 is 9.88 Å². The van der Waals surface area contributed by atoms with Crippen LogP contribution in [-0.4, -0.2) is 47.6 Å². The fourth-order valence-electron chi connectivity index (χ4n) is 2.89. The van der Waals surface area contributed by atoms with Crippen molar-refractivity contribution in [3.05, 3.63) is 24.0 Å². The molecule has 4 nitrogen and oxygen atoms in total. The number of hydrogen-bond acceptors (Lipinski definition) is 3. The van der Waals surface area contributed by atoms with Gasteiger partial charge >= 0.3 is 0 Å². The molecule has 0 amide bonds. The van der Waals surface area contributed by atoms with Crippen LogP contribution in [0.25, 0.3) is 11.0 Å². The molecule has 0 bridgehead atoms. The maximum absolute atomic E-state index is 13.2. The highest BCUT2D eigenvalue weighted by atomic mass is 19.1. The van der Waals surface area contributed by atoms with Crippen LogP contribution in [0, 0.1) is 5.82 Å². The molecule has 0 spiro atoms. The molecule has 1 aliphatic heterocycles. The molecular weight excluding hydrogens is 267 g/mol. The highest BCUT2D eigenvalue weighted by molar-refractivity contribution is 5.77. The van der Waals surface area contributed by atoms with Crippen molar-refractivity contribution in [3.8, 4) is 0 Å². The molecule has 1 aliphatic rings. The van der Waals surface area contributed by atoms with Crippen molar-refractivity contribution in [1.29, 1.82) is 0 Å². The summed E-state index contributed by atoms with van der Waals surface area (Å²) < 4.78 is 13.2. The van der Waals surface area contributed by atoms with Crippen LogP contribution < -0.4 is 4.90 Å². The first kappa shape index (κ1) is 14.3. The third-order valence-corrected chi connectivity index (χ3v) is 4.18. The predicted molar refractivity (Wildman–Crippen MR) is 84.2 cm³/mol. The van der Waals surface area contributed by atoms with Crippen molar-refractivity contribution in [2.75, 3.05) is 37.6 Å². The molecule has 2 heterocycles. The molecular formula is C16H23FN4. The van der Waals surface area contributed by atoms with Crippen molar-refractivity contribution >= 4 is 17.0 Å². The number of aromatic nitrogens is 2. The van der Waals surface area contributed by atoms with Crippen LogP contribution in [0.1, 0.15) is 26.2 Å². The zero-order chi connectivity index (χ0) is 14.7. The Labute approximate surface area is 125 Å². The minimum absolute atomic E-state index is 0.224. The van der Waals surface area contributed by atoms with Crippen molar-refractivity contribution < 1.29 is 4.39 Å². The Morgan fingerprint density at radius 3 is 2.76 bits per heavy atom. The lowest BCUT2D eigenvalue weighted by atomic mass is 10.2. The lowest BCUT2D eigenvalue weighted by Crippen LogP contribution is -2.47. The van der Waals surface area contributed by atoms with Crippen LogP contribution in [-0.2, 0) is 0 Å². The standard InChI is InChI=1S/C16H23FN4/c1-2-3-4-7-20-8-10-21(11-9-20)16-18-14-6-5-13(17)12-15(14)19-16/h5-6,12H,2-4,7-11H2,1H3,(H,18,19). The number of nitrogens with one attached hydrogen (secondary N) is 1. The average molecular weight is 290 g/mol. The monoisotopic (exact) mass is 290 g/mol. The number of fused-ring (bicyclic) bond motifs is 1. The zero-order valence-electron chi connectivity index (χ0n) is 12.6. The van der Waals surface area contributed by atoms with Crippen LogP contribution in [0.15, 0.2) is 18.2 Å². The Balaban J connectivity index is 1.60. The third kappa shape index (κ3) is 3.35. The molecule has 0 radical (unpaired) electrons. The quantitative estimate of drug-likeness (QED) is 0.860. The number of unbranched alkanes of at least 4 members (excludes halogenated alkanes) is 2. The molecule has 1 saturated heterocycles. The van der Waals surface area contributed by atoms with Gasteiger partial charge in [0.1, 0.15) is 5.82 Å². The molecule has 21 heavy (non-hydrogen) atoms. The third-order valence-electron chi connectivity index (χ3n) is 4.18. The predicted octanol–water partition coefficient (Wildman–Crippen LogP) is 3.01. The number of nitrogens with zero attached hydrogens (tertiary/aromatic N) is 3. The number of H-pyrrole nitrogens is 1. The summed E-state index contributed by atoms with van der Waals surface area (Å²) in [4.78, 5) is 12.6. The lowest BCUT2D eigenvalue weighted by molar-refractivity contribution is 0.252. The molecule has 5 heteroatoms. The molecule has 0 saturated carbocycles. The van der Waals surface area contributed by atoms with Gasteiger partial charge in [-0.1, -0.05) is 19.8 Å². The minimum Gasteiger partial charge on any atom is -0.340 e. The van der Waals surface area contributed by atoms with E-state index in [9.17, 15) is 4.39 Å². The van der Waals surface area contributed by atoms with Gasteiger partial charge in [0.2, 0.25) is 5.95 Å². The fraction of sp³-hybridized carbons (Fsp3) is 0.562. The number of benzene rings is 1. The number of rotatable bonds is 5. The first-order valence-corrected chi connectivity index (χ1v) is 7.89. The molecule has 0 atom stereocenters.